The first-order valence-corrected chi connectivity index (χ1v) is 10.7. The number of rotatable bonds is 9. The third kappa shape index (κ3) is 5.33. The summed E-state index contributed by atoms with van der Waals surface area (Å²) in [5.74, 6) is -0.303. The summed E-state index contributed by atoms with van der Waals surface area (Å²) in [6.45, 7) is 4.12. The van der Waals surface area contributed by atoms with Gasteiger partial charge in [0.25, 0.3) is 0 Å². The van der Waals surface area contributed by atoms with E-state index in [9.17, 15) is 13.2 Å². The lowest BCUT2D eigenvalue weighted by Crippen LogP contribution is -2.33. The lowest BCUT2D eigenvalue weighted by molar-refractivity contribution is -0.121. The van der Waals surface area contributed by atoms with Crippen molar-refractivity contribution in [3.05, 3.63) is 29.3 Å². The molecule has 0 saturated heterocycles. The molecule has 0 radical (unpaired) electrons. The van der Waals surface area contributed by atoms with Crippen LogP contribution in [0, 0.1) is 0 Å². The van der Waals surface area contributed by atoms with Gasteiger partial charge in [-0.25, -0.2) is 8.42 Å². The lowest BCUT2D eigenvalue weighted by Gasteiger charge is -2.13. The maximum absolute atomic E-state index is 12.5. The number of amides is 1. The summed E-state index contributed by atoms with van der Waals surface area (Å²) in [5, 5.41) is 2.90. The Hall–Kier alpha value is -1.36. The molecular weight excluding hydrogens is 322 g/mol. The number of hydrogen-bond acceptors (Lipinski definition) is 3. The van der Waals surface area contributed by atoms with Gasteiger partial charge in [0, 0.05) is 12.5 Å². The molecule has 134 valence electrons. The normalized spacial score (nSPS) is 15.1. The largest absolute Gasteiger partial charge is 0.354 e. The first-order valence-electron chi connectivity index (χ1n) is 9.06. The van der Waals surface area contributed by atoms with Crippen LogP contribution in [-0.4, -0.2) is 26.1 Å². The van der Waals surface area contributed by atoms with E-state index >= 15 is 0 Å². The molecule has 0 saturated carbocycles. The van der Waals surface area contributed by atoms with Crippen molar-refractivity contribution < 1.29 is 13.2 Å². The van der Waals surface area contributed by atoms with Crippen LogP contribution < -0.4 is 5.32 Å². The van der Waals surface area contributed by atoms with Gasteiger partial charge in [0.2, 0.25) is 5.91 Å². The highest BCUT2D eigenvalue weighted by molar-refractivity contribution is 7.91. The quantitative estimate of drug-likeness (QED) is 0.693. The predicted molar refractivity (Wildman–Crippen MR) is 96.9 cm³/mol. The Bertz CT molecular complexity index is 667. The zero-order valence-corrected chi connectivity index (χ0v) is 15.6. The first-order chi connectivity index (χ1) is 11.4. The Morgan fingerprint density at radius 3 is 2.71 bits per heavy atom. The summed E-state index contributed by atoms with van der Waals surface area (Å²) in [5.41, 5.74) is 2.40. The van der Waals surface area contributed by atoms with E-state index < -0.39 is 9.84 Å². The van der Waals surface area contributed by atoms with Gasteiger partial charge in [-0.2, -0.15) is 0 Å². The third-order valence-corrected chi connectivity index (χ3v) is 6.39. The second kappa shape index (κ2) is 8.65. The average molecular weight is 352 g/mol. The molecule has 2 rings (SSSR count). The monoisotopic (exact) mass is 351 g/mol. The van der Waals surface area contributed by atoms with Crippen molar-refractivity contribution >= 4 is 15.7 Å². The Kier molecular flexibility index (Phi) is 6.84. The van der Waals surface area contributed by atoms with Gasteiger partial charge in [-0.3, -0.25) is 4.79 Å². The molecule has 0 aliphatic heterocycles. The number of sulfone groups is 1. The lowest BCUT2D eigenvalue weighted by atomic mass is 10.1. The summed E-state index contributed by atoms with van der Waals surface area (Å²) in [7, 11) is -3.39. The molecule has 1 aliphatic rings. The maximum atomic E-state index is 12.5. The fraction of sp³-hybridized carbons (Fsp3) is 0.632. The predicted octanol–water partition coefficient (Wildman–Crippen LogP) is 3.42. The fourth-order valence-corrected chi connectivity index (χ4v) is 4.49. The zero-order valence-electron chi connectivity index (χ0n) is 14.8. The molecule has 0 bridgehead atoms. The molecule has 0 aromatic heterocycles. The van der Waals surface area contributed by atoms with Crippen molar-refractivity contribution in [2.45, 2.75) is 76.2 Å². The van der Waals surface area contributed by atoms with E-state index in [-0.39, 0.29) is 24.1 Å². The highest BCUT2D eigenvalue weighted by Gasteiger charge is 2.20. The summed E-state index contributed by atoms with van der Waals surface area (Å²) in [6.07, 6.45) is 7.45. The Balaban J connectivity index is 1.85. The van der Waals surface area contributed by atoms with E-state index in [0.29, 0.717) is 4.90 Å². The van der Waals surface area contributed by atoms with E-state index in [1.807, 2.05) is 13.0 Å². The van der Waals surface area contributed by atoms with E-state index in [2.05, 4.69) is 12.2 Å². The molecule has 24 heavy (non-hydrogen) atoms. The number of benzene rings is 1. The molecule has 1 unspecified atom stereocenters. The van der Waals surface area contributed by atoms with Crippen molar-refractivity contribution in [1.82, 2.24) is 5.32 Å². The smallest absolute Gasteiger partial charge is 0.221 e. The van der Waals surface area contributed by atoms with Crippen molar-refractivity contribution in [3.63, 3.8) is 0 Å². The van der Waals surface area contributed by atoms with Crippen LogP contribution in [0.25, 0.3) is 0 Å². The van der Waals surface area contributed by atoms with Gasteiger partial charge in [0.05, 0.1) is 10.6 Å². The van der Waals surface area contributed by atoms with Gasteiger partial charge < -0.3 is 5.32 Å². The number of carbonyl (C=O) groups is 1. The van der Waals surface area contributed by atoms with Crippen LogP contribution in [0.15, 0.2) is 23.1 Å². The molecule has 5 heteroatoms. The van der Waals surface area contributed by atoms with E-state index in [0.717, 1.165) is 50.5 Å². The number of aryl methyl sites for hydroxylation is 2. The highest BCUT2D eigenvalue weighted by atomic mass is 32.2. The number of fused-ring (bicyclic) bond motifs is 1. The number of unbranched alkanes of at least 4 members (excludes halogenated alkanes) is 2. The standard InChI is InChI=1S/C19H29NO3S/c1-3-4-5-7-15(2)20-19(21)12-13-24(22,23)18-11-10-16-8-6-9-17(16)14-18/h10-11,14-15H,3-9,12-13H2,1-2H3,(H,20,21). The Labute approximate surface area is 146 Å². The summed E-state index contributed by atoms with van der Waals surface area (Å²) in [4.78, 5) is 12.3. The van der Waals surface area contributed by atoms with Crippen molar-refractivity contribution in [2.24, 2.45) is 0 Å². The molecule has 0 heterocycles. The number of carbonyl (C=O) groups excluding carboxylic acids is 1. The van der Waals surface area contributed by atoms with Gasteiger partial charge in [0.15, 0.2) is 9.84 Å². The van der Waals surface area contributed by atoms with Gasteiger partial charge in [0.1, 0.15) is 0 Å². The average Bonchev–Trinajstić information content (AvgIpc) is 3.01. The third-order valence-electron chi connectivity index (χ3n) is 4.68. The summed E-state index contributed by atoms with van der Waals surface area (Å²) < 4.78 is 24.9. The molecule has 0 spiro atoms. The molecule has 4 nitrogen and oxygen atoms in total. The second-order valence-corrected chi connectivity index (χ2v) is 8.93. The van der Waals surface area contributed by atoms with Crippen molar-refractivity contribution in [1.29, 1.82) is 0 Å². The van der Waals surface area contributed by atoms with E-state index in [1.54, 1.807) is 12.1 Å². The maximum Gasteiger partial charge on any atom is 0.221 e. The van der Waals surface area contributed by atoms with Crippen LogP contribution in [-0.2, 0) is 27.5 Å². The highest BCUT2D eigenvalue weighted by Crippen LogP contribution is 2.25. The SMILES string of the molecule is CCCCCC(C)NC(=O)CCS(=O)(=O)c1ccc2c(c1)CCC2. The van der Waals surface area contributed by atoms with E-state index in [1.165, 1.54) is 5.56 Å². The molecule has 1 aromatic carbocycles. The van der Waals surface area contributed by atoms with Gasteiger partial charge in [-0.15, -0.1) is 0 Å². The molecular formula is C19H29NO3S. The van der Waals surface area contributed by atoms with Gasteiger partial charge in [-0.1, -0.05) is 32.3 Å². The van der Waals surface area contributed by atoms with Gasteiger partial charge in [-0.05, 0) is 55.9 Å². The molecule has 1 atom stereocenters. The molecule has 1 amide bonds. The van der Waals surface area contributed by atoms with Crippen LogP contribution >= 0.6 is 0 Å². The number of hydrogen-bond donors (Lipinski definition) is 1. The minimum absolute atomic E-state index is 0.0253. The van der Waals surface area contributed by atoms with Gasteiger partial charge >= 0.3 is 0 Å². The Morgan fingerprint density at radius 1 is 1.21 bits per heavy atom. The molecule has 0 fully saturated rings. The minimum atomic E-state index is -3.39. The first kappa shape index (κ1) is 19.0. The topological polar surface area (TPSA) is 63.2 Å². The molecule has 1 aromatic rings. The van der Waals surface area contributed by atoms with Crippen LogP contribution in [0.4, 0.5) is 0 Å². The molecule has 1 aliphatic carbocycles. The number of nitrogens with one attached hydrogen (secondary N) is 1. The molecule has 1 N–H and O–H groups in total. The van der Waals surface area contributed by atoms with Crippen LogP contribution in [0.5, 0.6) is 0 Å². The van der Waals surface area contributed by atoms with E-state index in [4.69, 9.17) is 0 Å². The second-order valence-electron chi connectivity index (χ2n) is 6.82. The summed E-state index contributed by atoms with van der Waals surface area (Å²) in [6, 6.07) is 5.51. The van der Waals surface area contributed by atoms with Crippen LogP contribution in [0.3, 0.4) is 0 Å². The Morgan fingerprint density at radius 2 is 1.96 bits per heavy atom. The van der Waals surface area contributed by atoms with Crippen LogP contribution in [0.1, 0.15) is 63.5 Å². The van der Waals surface area contributed by atoms with Crippen LogP contribution in [0.2, 0.25) is 0 Å². The zero-order chi connectivity index (χ0) is 17.6. The fourth-order valence-electron chi connectivity index (χ4n) is 3.21. The minimum Gasteiger partial charge on any atom is -0.354 e. The van der Waals surface area contributed by atoms with Crippen molar-refractivity contribution in [2.75, 3.05) is 5.75 Å². The summed E-state index contributed by atoms with van der Waals surface area (Å²) >= 11 is 0. The van der Waals surface area contributed by atoms with Crippen molar-refractivity contribution in [3.8, 4) is 0 Å².